The largest absolute Gasteiger partial charge is 0.423 e. The van der Waals surface area contributed by atoms with E-state index in [9.17, 15) is 9.59 Å². The third-order valence-corrected chi connectivity index (χ3v) is 8.13. The lowest BCUT2D eigenvalue weighted by Gasteiger charge is -2.27. The predicted octanol–water partition coefficient (Wildman–Crippen LogP) is 11.1. The highest BCUT2D eigenvalue weighted by Gasteiger charge is 2.15. The van der Waals surface area contributed by atoms with Crippen molar-refractivity contribution in [1.29, 1.82) is 0 Å². The maximum Gasteiger partial charge on any atom is 0.338 e. The first-order valence-corrected chi connectivity index (χ1v) is 16.2. The van der Waals surface area contributed by atoms with Gasteiger partial charge in [-0.05, 0) is 128 Å². The van der Waals surface area contributed by atoms with Crippen molar-refractivity contribution in [3.8, 4) is 33.8 Å². The Bertz CT molecular complexity index is 1810. The Balaban J connectivity index is 1.45. The SMILES string of the molecule is C=C(C)C(=O)Oc1ccc(-c2ccc(N(c3ccc(-c4ccc(OC(=O)C(=C)C)cc4)cc3)c3ccc(C)c(CCCC)c3)cc2)cc1. The fraction of sp³-hybridized carbons (Fsp3) is 0.163. The highest BCUT2D eigenvalue weighted by atomic mass is 16.5. The molecule has 5 aromatic rings. The predicted molar refractivity (Wildman–Crippen MR) is 196 cm³/mol. The molecule has 0 aliphatic heterocycles. The first kappa shape index (κ1) is 33.7. The summed E-state index contributed by atoms with van der Waals surface area (Å²) in [5.74, 6) is 0.0965. The van der Waals surface area contributed by atoms with Crippen molar-refractivity contribution in [3.63, 3.8) is 0 Å². The second-order valence-electron chi connectivity index (χ2n) is 12.0. The van der Waals surface area contributed by atoms with E-state index in [1.54, 1.807) is 38.1 Å². The molecule has 0 heterocycles. The molecule has 0 amide bonds. The van der Waals surface area contributed by atoms with Gasteiger partial charge in [0.25, 0.3) is 0 Å². The average Bonchev–Trinajstić information content (AvgIpc) is 3.09. The van der Waals surface area contributed by atoms with Crippen LogP contribution in [0.5, 0.6) is 11.5 Å². The van der Waals surface area contributed by atoms with Crippen LogP contribution < -0.4 is 14.4 Å². The minimum absolute atomic E-state index is 0.359. The highest BCUT2D eigenvalue weighted by Crippen LogP contribution is 2.38. The summed E-state index contributed by atoms with van der Waals surface area (Å²) in [6.45, 7) is 14.9. The fourth-order valence-corrected chi connectivity index (χ4v) is 5.31. The Morgan fingerprint density at radius 3 is 1.33 bits per heavy atom. The summed E-state index contributed by atoms with van der Waals surface area (Å²) in [5.41, 5.74) is 10.7. The number of hydrogen-bond acceptors (Lipinski definition) is 5. The molecule has 5 aromatic carbocycles. The van der Waals surface area contributed by atoms with E-state index in [0.29, 0.717) is 22.6 Å². The van der Waals surface area contributed by atoms with Crippen LogP contribution in [-0.2, 0) is 16.0 Å². The van der Waals surface area contributed by atoms with E-state index in [1.165, 1.54) is 11.1 Å². The van der Waals surface area contributed by atoms with E-state index in [4.69, 9.17) is 9.47 Å². The molecule has 0 radical (unpaired) electrons. The number of benzene rings is 5. The molecule has 0 aliphatic carbocycles. The van der Waals surface area contributed by atoms with E-state index < -0.39 is 11.9 Å². The van der Waals surface area contributed by atoms with Crippen molar-refractivity contribution < 1.29 is 19.1 Å². The molecule has 5 rings (SSSR count). The third kappa shape index (κ3) is 8.18. The Hall–Kier alpha value is -5.68. The molecule has 0 N–H and O–H groups in total. The van der Waals surface area contributed by atoms with Crippen LogP contribution in [-0.4, -0.2) is 11.9 Å². The van der Waals surface area contributed by atoms with Crippen LogP contribution in [0.15, 0.2) is 140 Å². The maximum absolute atomic E-state index is 11.9. The van der Waals surface area contributed by atoms with Crippen LogP contribution in [0.1, 0.15) is 44.7 Å². The topological polar surface area (TPSA) is 55.8 Å². The molecule has 5 nitrogen and oxygen atoms in total. The van der Waals surface area contributed by atoms with Gasteiger partial charge in [-0.15, -0.1) is 0 Å². The number of carbonyl (C=O) groups is 2. The van der Waals surface area contributed by atoms with Gasteiger partial charge in [0.1, 0.15) is 11.5 Å². The number of carbonyl (C=O) groups excluding carboxylic acids is 2. The number of rotatable bonds is 12. The van der Waals surface area contributed by atoms with Gasteiger partial charge in [-0.2, -0.15) is 0 Å². The first-order valence-electron chi connectivity index (χ1n) is 16.2. The van der Waals surface area contributed by atoms with Crippen LogP contribution in [0.25, 0.3) is 22.3 Å². The second-order valence-corrected chi connectivity index (χ2v) is 12.0. The molecule has 242 valence electrons. The lowest BCUT2D eigenvalue weighted by atomic mass is 10.0. The van der Waals surface area contributed by atoms with E-state index >= 15 is 0 Å². The Labute approximate surface area is 283 Å². The minimum Gasteiger partial charge on any atom is -0.423 e. The number of unbranched alkanes of at least 4 members (excludes halogenated alkanes) is 1. The van der Waals surface area contributed by atoms with Crippen LogP contribution in [0.4, 0.5) is 17.1 Å². The summed E-state index contributed by atoms with van der Waals surface area (Å²) in [5, 5.41) is 0. The Morgan fingerprint density at radius 2 is 0.958 bits per heavy atom. The quantitative estimate of drug-likeness (QED) is 0.0775. The van der Waals surface area contributed by atoms with Crippen molar-refractivity contribution in [3.05, 3.63) is 151 Å². The summed E-state index contributed by atoms with van der Waals surface area (Å²) >= 11 is 0. The monoisotopic (exact) mass is 635 g/mol. The third-order valence-electron chi connectivity index (χ3n) is 8.13. The van der Waals surface area contributed by atoms with Crippen LogP contribution in [0.2, 0.25) is 0 Å². The van der Waals surface area contributed by atoms with E-state index in [-0.39, 0.29) is 0 Å². The minimum atomic E-state index is -0.436. The van der Waals surface area contributed by atoms with Crippen LogP contribution in [0.3, 0.4) is 0 Å². The maximum atomic E-state index is 11.9. The Morgan fingerprint density at radius 1 is 0.583 bits per heavy atom. The molecule has 0 saturated heterocycles. The van der Waals surface area contributed by atoms with Gasteiger partial charge in [-0.1, -0.05) is 81.1 Å². The van der Waals surface area contributed by atoms with Crippen LogP contribution >= 0.6 is 0 Å². The Kier molecular flexibility index (Phi) is 10.7. The first-order chi connectivity index (χ1) is 23.1. The molecular formula is C43H41NO4. The molecule has 0 aliphatic rings. The molecule has 0 spiro atoms. The summed E-state index contributed by atoms with van der Waals surface area (Å²) in [6, 6.07) is 38.7. The van der Waals surface area contributed by atoms with Crippen molar-refractivity contribution in [1.82, 2.24) is 0 Å². The van der Waals surface area contributed by atoms with Gasteiger partial charge in [0, 0.05) is 28.2 Å². The van der Waals surface area contributed by atoms with Crippen molar-refractivity contribution in [2.75, 3.05) is 4.90 Å². The zero-order chi connectivity index (χ0) is 34.2. The number of ether oxygens (including phenoxy) is 2. The molecular weight excluding hydrogens is 594 g/mol. The molecule has 0 atom stereocenters. The van der Waals surface area contributed by atoms with Gasteiger partial charge in [0.15, 0.2) is 0 Å². The fourth-order valence-electron chi connectivity index (χ4n) is 5.31. The molecule has 0 saturated carbocycles. The number of esters is 2. The zero-order valence-electron chi connectivity index (χ0n) is 28.1. The van der Waals surface area contributed by atoms with Gasteiger partial charge >= 0.3 is 11.9 Å². The zero-order valence-corrected chi connectivity index (χ0v) is 28.1. The number of nitrogens with zero attached hydrogens (tertiary/aromatic N) is 1. The van der Waals surface area contributed by atoms with Crippen molar-refractivity contribution in [2.45, 2.75) is 47.0 Å². The van der Waals surface area contributed by atoms with Crippen molar-refractivity contribution in [2.24, 2.45) is 0 Å². The van der Waals surface area contributed by atoms with E-state index in [0.717, 1.165) is 58.6 Å². The van der Waals surface area contributed by atoms with Gasteiger partial charge in [0.05, 0.1) is 0 Å². The number of anilines is 3. The summed E-state index contributed by atoms with van der Waals surface area (Å²) in [6.07, 6.45) is 3.33. The highest BCUT2D eigenvalue weighted by molar-refractivity contribution is 5.89. The van der Waals surface area contributed by atoms with Crippen molar-refractivity contribution >= 4 is 29.0 Å². The van der Waals surface area contributed by atoms with E-state index in [1.807, 2.05) is 24.3 Å². The normalized spacial score (nSPS) is 10.7. The average molecular weight is 636 g/mol. The van der Waals surface area contributed by atoms with Gasteiger partial charge in [-0.25, -0.2) is 9.59 Å². The molecule has 5 heteroatoms. The summed E-state index contributed by atoms with van der Waals surface area (Å²) < 4.78 is 10.7. The standard InChI is InChI=1S/C43H41NO4/c1-7-8-9-36-28-39(19-10-31(36)6)44(37-20-11-32(12-21-37)34-15-24-40(25-16-34)47-42(45)29(2)3)38-22-13-33(14-23-38)35-17-26-41(27-18-35)48-43(46)30(4)5/h10-28H,2,4,7-9H2,1,3,5-6H3. The van der Waals surface area contributed by atoms with Crippen LogP contribution in [0, 0.1) is 6.92 Å². The summed E-state index contributed by atoms with van der Waals surface area (Å²) in [4.78, 5) is 26.1. The molecule has 0 fully saturated rings. The number of hydrogen-bond donors (Lipinski definition) is 0. The second kappa shape index (κ2) is 15.3. The lowest BCUT2D eigenvalue weighted by Crippen LogP contribution is -2.10. The molecule has 0 aromatic heterocycles. The molecule has 48 heavy (non-hydrogen) atoms. The smallest absolute Gasteiger partial charge is 0.338 e. The lowest BCUT2D eigenvalue weighted by molar-refractivity contribution is -0.130. The number of aryl methyl sites for hydroxylation is 2. The molecule has 0 unspecified atom stereocenters. The van der Waals surface area contributed by atoms with Gasteiger partial charge < -0.3 is 14.4 Å². The van der Waals surface area contributed by atoms with Gasteiger partial charge in [-0.3, -0.25) is 0 Å². The molecule has 0 bridgehead atoms. The van der Waals surface area contributed by atoms with E-state index in [2.05, 4.69) is 98.6 Å². The van der Waals surface area contributed by atoms with Gasteiger partial charge in [0.2, 0.25) is 0 Å². The summed E-state index contributed by atoms with van der Waals surface area (Å²) in [7, 11) is 0.